The van der Waals surface area contributed by atoms with E-state index in [2.05, 4.69) is 15.3 Å². The number of hydrogen-bond acceptors (Lipinski definition) is 6. The molecule has 1 aromatic heterocycles. The number of hydrogen-bond donors (Lipinski definition) is 1. The molecule has 0 aliphatic carbocycles. The number of carbonyl (C=O) groups is 1. The highest BCUT2D eigenvalue weighted by atomic mass is 16.7. The number of rotatable bonds is 4. The number of nitrogens with zero attached hydrogens (tertiary/aromatic N) is 3. The molecule has 1 unspecified atom stereocenters. The van der Waals surface area contributed by atoms with Crippen molar-refractivity contribution in [2.24, 2.45) is 5.92 Å². The van der Waals surface area contributed by atoms with Crippen molar-refractivity contribution in [3.63, 3.8) is 0 Å². The van der Waals surface area contributed by atoms with Crippen LogP contribution in [-0.2, 0) is 14.3 Å². The molecule has 1 amide bonds. The van der Waals surface area contributed by atoms with E-state index in [0.717, 1.165) is 19.4 Å². The minimum Gasteiger partial charge on any atom is -0.347 e. The van der Waals surface area contributed by atoms with Crippen molar-refractivity contribution < 1.29 is 14.3 Å². The van der Waals surface area contributed by atoms with Crippen molar-refractivity contribution in [2.75, 3.05) is 38.2 Å². The molecule has 3 rings (SSSR count). The second-order valence-electron chi connectivity index (χ2n) is 5.82. The highest BCUT2D eigenvalue weighted by Crippen LogP contribution is 2.34. The Kier molecular flexibility index (Phi) is 4.54. The van der Waals surface area contributed by atoms with Gasteiger partial charge in [-0.25, -0.2) is 9.97 Å². The van der Waals surface area contributed by atoms with Crippen LogP contribution < -0.4 is 5.32 Å². The van der Waals surface area contributed by atoms with Crippen LogP contribution in [0.15, 0.2) is 18.5 Å². The molecular weight excluding hydrogens is 284 g/mol. The summed E-state index contributed by atoms with van der Waals surface area (Å²) in [5.41, 5.74) is 0. The fraction of sp³-hybridized carbons (Fsp3) is 0.667. The third-order valence-corrected chi connectivity index (χ3v) is 4.34. The van der Waals surface area contributed by atoms with E-state index in [1.54, 1.807) is 18.5 Å². The molecule has 2 aliphatic rings. The number of amides is 1. The number of carbonyl (C=O) groups excluding carboxylic acids is 1. The predicted molar refractivity (Wildman–Crippen MR) is 80.1 cm³/mol. The zero-order valence-electron chi connectivity index (χ0n) is 12.8. The maximum atomic E-state index is 12.4. The molecule has 0 radical (unpaired) electrons. The summed E-state index contributed by atoms with van der Waals surface area (Å²) in [6.45, 7) is 4.90. The summed E-state index contributed by atoms with van der Waals surface area (Å²) in [5.74, 6) is 0.202. The summed E-state index contributed by atoms with van der Waals surface area (Å²) >= 11 is 0. The standard InChI is InChI=1S/C15H22N4O3/c1-15(21-8-9-22-15)12-4-2-7-19(11-12)13(20)10-18-14-16-5-3-6-17-14/h3,5-6,12H,2,4,7-11H2,1H3,(H,16,17,18). The van der Waals surface area contributed by atoms with Crippen LogP contribution >= 0.6 is 0 Å². The van der Waals surface area contributed by atoms with Crippen molar-refractivity contribution in [3.05, 3.63) is 18.5 Å². The van der Waals surface area contributed by atoms with Gasteiger partial charge in [0.1, 0.15) is 0 Å². The van der Waals surface area contributed by atoms with E-state index in [4.69, 9.17) is 9.47 Å². The molecule has 1 atom stereocenters. The number of piperidine rings is 1. The smallest absolute Gasteiger partial charge is 0.241 e. The van der Waals surface area contributed by atoms with Gasteiger partial charge in [0, 0.05) is 31.4 Å². The lowest BCUT2D eigenvalue weighted by Crippen LogP contribution is -2.49. The maximum absolute atomic E-state index is 12.4. The average Bonchev–Trinajstić information content (AvgIpc) is 3.02. The fourth-order valence-corrected chi connectivity index (χ4v) is 3.05. The Morgan fingerprint density at radius 1 is 1.41 bits per heavy atom. The Morgan fingerprint density at radius 3 is 2.86 bits per heavy atom. The second kappa shape index (κ2) is 6.58. The third-order valence-electron chi connectivity index (χ3n) is 4.34. The van der Waals surface area contributed by atoms with E-state index in [9.17, 15) is 4.79 Å². The van der Waals surface area contributed by atoms with E-state index >= 15 is 0 Å². The van der Waals surface area contributed by atoms with Crippen LogP contribution in [-0.4, -0.2) is 59.4 Å². The molecule has 7 heteroatoms. The molecule has 0 aromatic carbocycles. The minimum absolute atomic E-state index is 0.0544. The Bertz CT molecular complexity index is 505. The molecule has 7 nitrogen and oxygen atoms in total. The van der Waals surface area contributed by atoms with E-state index < -0.39 is 5.79 Å². The van der Waals surface area contributed by atoms with Gasteiger partial charge in [-0.05, 0) is 25.8 Å². The van der Waals surface area contributed by atoms with Gasteiger partial charge in [0.15, 0.2) is 5.79 Å². The number of nitrogens with one attached hydrogen (secondary N) is 1. The first kappa shape index (κ1) is 15.2. The third kappa shape index (κ3) is 3.36. The van der Waals surface area contributed by atoms with Crippen LogP contribution in [0, 0.1) is 5.92 Å². The molecule has 120 valence electrons. The zero-order valence-corrected chi connectivity index (χ0v) is 12.8. The monoisotopic (exact) mass is 306 g/mol. The van der Waals surface area contributed by atoms with Gasteiger partial charge in [0.2, 0.25) is 11.9 Å². The average molecular weight is 306 g/mol. The van der Waals surface area contributed by atoms with E-state index in [1.807, 2.05) is 11.8 Å². The van der Waals surface area contributed by atoms with Crippen molar-refractivity contribution >= 4 is 11.9 Å². The van der Waals surface area contributed by atoms with Gasteiger partial charge < -0.3 is 19.7 Å². The van der Waals surface area contributed by atoms with Gasteiger partial charge in [-0.1, -0.05) is 0 Å². The first-order valence-corrected chi connectivity index (χ1v) is 7.74. The fourth-order valence-electron chi connectivity index (χ4n) is 3.05. The first-order valence-electron chi connectivity index (χ1n) is 7.74. The van der Waals surface area contributed by atoms with Crippen LogP contribution in [0.5, 0.6) is 0 Å². The maximum Gasteiger partial charge on any atom is 0.241 e. The minimum atomic E-state index is -0.547. The van der Waals surface area contributed by atoms with Gasteiger partial charge in [-0.2, -0.15) is 0 Å². The summed E-state index contributed by atoms with van der Waals surface area (Å²) in [4.78, 5) is 22.3. The zero-order chi connectivity index (χ0) is 15.4. The van der Waals surface area contributed by atoms with Gasteiger partial charge in [-0.15, -0.1) is 0 Å². The Labute approximate surface area is 130 Å². The highest BCUT2D eigenvalue weighted by Gasteiger charge is 2.42. The first-order chi connectivity index (χ1) is 10.7. The quantitative estimate of drug-likeness (QED) is 0.890. The summed E-state index contributed by atoms with van der Waals surface area (Å²) in [7, 11) is 0. The summed E-state index contributed by atoms with van der Waals surface area (Å²) in [6, 6.07) is 1.74. The molecule has 0 spiro atoms. The molecule has 2 saturated heterocycles. The van der Waals surface area contributed by atoms with E-state index in [-0.39, 0.29) is 18.4 Å². The van der Waals surface area contributed by atoms with Crippen LogP contribution in [0.3, 0.4) is 0 Å². The number of aromatic nitrogens is 2. The van der Waals surface area contributed by atoms with Crippen LogP contribution in [0.25, 0.3) is 0 Å². The molecule has 3 heterocycles. The number of likely N-dealkylation sites (tertiary alicyclic amines) is 1. The molecular formula is C15H22N4O3. The molecule has 0 bridgehead atoms. The Hall–Kier alpha value is -1.73. The highest BCUT2D eigenvalue weighted by molar-refractivity contribution is 5.80. The summed E-state index contributed by atoms with van der Waals surface area (Å²) in [5, 5.41) is 2.96. The number of anilines is 1. The Morgan fingerprint density at radius 2 is 2.14 bits per heavy atom. The van der Waals surface area contributed by atoms with E-state index in [0.29, 0.717) is 25.7 Å². The van der Waals surface area contributed by atoms with Gasteiger partial charge >= 0.3 is 0 Å². The lowest BCUT2D eigenvalue weighted by atomic mass is 9.90. The largest absolute Gasteiger partial charge is 0.347 e. The lowest BCUT2D eigenvalue weighted by molar-refractivity contribution is -0.192. The normalized spacial score (nSPS) is 24.2. The predicted octanol–water partition coefficient (Wildman–Crippen LogP) is 0.890. The van der Waals surface area contributed by atoms with Gasteiger partial charge in [0.05, 0.1) is 19.8 Å². The summed E-state index contributed by atoms with van der Waals surface area (Å²) < 4.78 is 11.5. The van der Waals surface area contributed by atoms with Crippen LogP contribution in [0.2, 0.25) is 0 Å². The SMILES string of the molecule is CC1(C2CCCN(C(=O)CNc3ncccn3)C2)OCCO1. The molecule has 1 aromatic rings. The van der Waals surface area contributed by atoms with Crippen molar-refractivity contribution in [1.29, 1.82) is 0 Å². The molecule has 22 heavy (non-hydrogen) atoms. The van der Waals surface area contributed by atoms with Crippen LogP contribution in [0.4, 0.5) is 5.95 Å². The lowest BCUT2D eigenvalue weighted by Gasteiger charge is -2.39. The van der Waals surface area contributed by atoms with Gasteiger partial charge in [0.25, 0.3) is 0 Å². The van der Waals surface area contributed by atoms with Crippen molar-refractivity contribution in [2.45, 2.75) is 25.6 Å². The second-order valence-corrected chi connectivity index (χ2v) is 5.82. The Balaban J connectivity index is 1.54. The number of ether oxygens (including phenoxy) is 2. The van der Waals surface area contributed by atoms with Crippen molar-refractivity contribution in [3.8, 4) is 0 Å². The molecule has 2 aliphatic heterocycles. The molecule has 1 N–H and O–H groups in total. The molecule has 0 saturated carbocycles. The summed E-state index contributed by atoms with van der Waals surface area (Å²) in [6.07, 6.45) is 5.29. The topological polar surface area (TPSA) is 76.6 Å². The molecule has 2 fully saturated rings. The van der Waals surface area contributed by atoms with Crippen LogP contribution in [0.1, 0.15) is 19.8 Å². The van der Waals surface area contributed by atoms with Gasteiger partial charge in [-0.3, -0.25) is 4.79 Å². The van der Waals surface area contributed by atoms with E-state index in [1.165, 1.54) is 0 Å². The van der Waals surface area contributed by atoms with Crippen molar-refractivity contribution in [1.82, 2.24) is 14.9 Å².